The number of carboxylic acids is 1. The van der Waals surface area contributed by atoms with Gasteiger partial charge in [0.2, 0.25) is 0 Å². The molecule has 0 aliphatic heterocycles. The molecule has 6 nitrogen and oxygen atoms in total. The summed E-state index contributed by atoms with van der Waals surface area (Å²) in [4.78, 5) is 22.4. The number of carboxylic acid groups (broad SMARTS) is 1. The number of aromatic nitrogens is 3. The van der Waals surface area contributed by atoms with Crippen molar-refractivity contribution in [2.45, 2.75) is 39.3 Å². The van der Waals surface area contributed by atoms with Crippen LogP contribution < -0.4 is 0 Å². The molecule has 1 aromatic carbocycles. The number of hydrogen-bond acceptors (Lipinski definition) is 4. The lowest BCUT2D eigenvalue weighted by atomic mass is 10.1. The van der Waals surface area contributed by atoms with E-state index in [0.29, 0.717) is 18.7 Å². The highest BCUT2D eigenvalue weighted by atomic mass is 19.1. The molecule has 0 radical (unpaired) electrons. The molecule has 0 saturated heterocycles. The zero-order chi connectivity index (χ0) is 21.7. The van der Waals surface area contributed by atoms with Gasteiger partial charge in [0.15, 0.2) is 0 Å². The maximum atomic E-state index is 13.3. The van der Waals surface area contributed by atoms with Crippen LogP contribution in [0.2, 0.25) is 0 Å². The Morgan fingerprint density at radius 2 is 1.90 bits per heavy atom. The van der Waals surface area contributed by atoms with E-state index in [2.05, 4.69) is 19.4 Å². The third-order valence-corrected chi connectivity index (χ3v) is 4.84. The van der Waals surface area contributed by atoms with E-state index in [0.717, 1.165) is 42.2 Å². The molecule has 0 aliphatic rings. The number of rotatable bonds is 9. The van der Waals surface area contributed by atoms with Crippen molar-refractivity contribution in [2.75, 3.05) is 14.1 Å². The van der Waals surface area contributed by atoms with Crippen LogP contribution in [0.15, 0.2) is 42.6 Å². The van der Waals surface area contributed by atoms with Gasteiger partial charge in [-0.25, -0.2) is 14.2 Å². The van der Waals surface area contributed by atoms with E-state index < -0.39 is 5.97 Å². The first-order chi connectivity index (χ1) is 14.3. The lowest BCUT2D eigenvalue weighted by Crippen LogP contribution is -2.16. The largest absolute Gasteiger partial charge is 0.478 e. The molecule has 30 heavy (non-hydrogen) atoms. The molecule has 2 aromatic heterocycles. The number of aryl methyl sites for hydroxylation is 3. The number of hydrogen-bond donors (Lipinski definition) is 1. The zero-order valence-electron chi connectivity index (χ0n) is 17.6. The zero-order valence-corrected chi connectivity index (χ0v) is 17.6. The standard InChI is InChI=1S/C23H27FN4O2/c1-16-11-18(23(29)30)12-20(26-16)5-4-6-22-25-13-21(15-27(2)3)28(22)14-17-7-9-19(24)10-8-17/h7-13H,4-6,14-15H2,1-3H3,(H,29,30). The van der Waals surface area contributed by atoms with E-state index in [4.69, 9.17) is 0 Å². The van der Waals surface area contributed by atoms with Crippen LogP contribution >= 0.6 is 0 Å². The third-order valence-electron chi connectivity index (χ3n) is 4.84. The second-order valence-electron chi connectivity index (χ2n) is 7.76. The quantitative estimate of drug-likeness (QED) is 0.582. The molecule has 0 bridgehead atoms. The summed E-state index contributed by atoms with van der Waals surface area (Å²) in [5.41, 5.74) is 3.86. The molecule has 0 atom stereocenters. The average molecular weight is 410 g/mol. The molecule has 0 saturated carbocycles. The molecule has 0 aliphatic carbocycles. The van der Waals surface area contributed by atoms with Crippen LogP contribution in [0.5, 0.6) is 0 Å². The molecule has 0 spiro atoms. The second-order valence-corrected chi connectivity index (χ2v) is 7.76. The van der Waals surface area contributed by atoms with E-state index in [1.54, 1.807) is 31.2 Å². The second kappa shape index (κ2) is 9.63. The lowest BCUT2D eigenvalue weighted by molar-refractivity contribution is 0.0696. The average Bonchev–Trinajstić information content (AvgIpc) is 3.04. The van der Waals surface area contributed by atoms with Gasteiger partial charge in [0.1, 0.15) is 11.6 Å². The molecule has 158 valence electrons. The Kier molecular flexibility index (Phi) is 6.95. The summed E-state index contributed by atoms with van der Waals surface area (Å²) >= 11 is 0. The van der Waals surface area contributed by atoms with Gasteiger partial charge in [-0.1, -0.05) is 12.1 Å². The number of halogens is 1. The van der Waals surface area contributed by atoms with Crippen molar-refractivity contribution in [3.05, 3.63) is 82.4 Å². The molecular formula is C23H27FN4O2. The van der Waals surface area contributed by atoms with Crippen LogP contribution in [-0.2, 0) is 25.9 Å². The summed E-state index contributed by atoms with van der Waals surface area (Å²) in [5, 5.41) is 9.24. The van der Waals surface area contributed by atoms with Crippen molar-refractivity contribution in [2.24, 2.45) is 0 Å². The summed E-state index contributed by atoms with van der Waals surface area (Å²) in [5.74, 6) is -0.225. The van der Waals surface area contributed by atoms with Crippen LogP contribution in [0.3, 0.4) is 0 Å². The Bertz CT molecular complexity index is 1010. The van der Waals surface area contributed by atoms with Gasteiger partial charge in [0, 0.05) is 37.1 Å². The summed E-state index contributed by atoms with van der Waals surface area (Å²) in [7, 11) is 4.02. The number of nitrogens with zero attached hydrogens (tertiary/aromatic N) is 4. The Morgan fingerprint density at radius 3 is 2.57 bits per heavy atom. The highest BCUT2D eigenvalue weighted by molar-refractivity contribution is 5.87. The Hall–Kier alpha value is -3.06. The van der Waals surface area contributed by atoms with Crippen LogP contribution in [-0.4, -0.2) is 44.6 Å². The minimum atomic E-state index is -0.940. The fraction of sp³-hybridized carbons (Fsp3) is 0.348. The highest BCUT2D eigenvalue weighted by Gasteiger charge is 2.13. The normalized spacial score (nSPS) is 11.2. The molecule has 0 fully saturated rings. The maximum absolute atomic E-state index is 13.3. The summed E-state index contributed by atoms with van der Waals surface area (Å²) < 4.78 is 15.4. The van der Waals surface area contributed by atoms with Gasteiger partial charge in [-0.05, 0) is 63.7 Å². The molecule has 3 aromatic rings. The van der Waals surface area contributed by atoms with Crippen LogP contribution in [0, 0.1) is 12.7 Å². The first-order valence-corrected chi connectivity index (χ1v) is 9.95. The summed E-state index contributed by atoms with van der Waals surface area (Å²) in [6.45, 7) is 3.19. The van der Waals surface area contributed by atoms with Gasteiger partial charge in [-0.3, -0.25) is 4.98 Å². The molecule has 7 heteroatoms. The van der Waals surface area contributed by atoms with E-state index in [9.17, 15) is 14.3 Å². The minimum Gasteiger partial charge on any atom is -0.478 e. The monoisotopic (exact) mass is 410 g/mol. The van der Waals surface area contributed by atoms with Gasteiger partial charge < -0.3 is 14.6 Å². The Morgan fingerprint density at radius 1 is 1.17 bits per heavy atom. The molecule has 0 amide bonds. The van der Waals surface area contributed by atoms with Crippen LogP contribution in [0.1, 0.15) is 45.2 Å². The van der Waals surface area contributed by atoms with Gasteiger partial charge in [-0.2, -0.15) is 0 Å². The maximum Gasteiger partial charge on any atom is 0.335 e. The predicted octanol–water partition coefficient (Wildman–Crippen LogP) is 3.71. The highest BCUT2D eigenvalue weighted by Crippen LogP contribution is 2.15. The van der Waals surface area contributed by atoms with Crippen LogP contribution in [0.25, 0.3) is 0 Å². The molecular weight excluding hydrogens is 383 g/mol. The number of carbonyl (C=O) groups is 1. The van der Waals surface area contributed by atoms with Crippen molar-refractivity contribution in [1.29, 1.82) is 0 Å². The number of aromatic carboxylic acids is 1. The van der Waals surface area contributed by atoms with Gasteiger partial charge in [0.05, 0.1) is 11.3 Å². The molecule has 1 N–H and O–H groups in total. The first-order valence-electron chi connectivity index (χ1n) is 9.95. The number of pyridine rings is 1. The van der Waals surface area contributed by atoms with Gasteiger partial charge >= 0.3 is 5.97 Å². The van der Waals surface area contributed by atoms with Crippen molar-refractivity contribution in [3.63, 3.8) is 0 Å². The van der Waals surface area contributed by atoms with Crippen molar-refractivity contribution in [1.82, 2.24) is 19.4 Å². The van der Waals surface area contributed by atoms with Gasteiger partial charge in [-0.15, -0.1) is 0 Å². The third kappa shape index (κ3) is 5.73. The van der Waals surface area contributed by atoms with Crippen molar-refractivity contribution >= 4 is 5.97 Å². The number of imidazole rings is 1. The number of benzene rings is 1. The summed E-state index contributed by atoms with van der Waals surface area (Å²) in [6, 6.07) is 9.75. The predicted molar refractivity (Wildman–Crippen MR) is 113 cm³/mol. The smallest absolute Gasteiger partial charge is 0.335 e. The topological polar surface area (TPSA) is 71.2 Å². The van der Waals surface area contributed by atoms with E-state index >= 15 is 0 Å². The van der Waals surface area contributed by atoms with Crippen molar-refractivity contribution in [3.8, 4) is 0 Å². The fourth-order valence-electron chi connectivity index (χ4n) is 3.49. The first kappa shape index (κ1) is 21.6. The van der Waals surface area contributed by atoms with E-state index in [-0.39, 0.29) is 11.4 Å². The summed E-state index contributed by atoms with van der Waals surface area (Å²) in [6.07, 6.45) is 4.12. The Balaban J connectivity index is 1.74. The van der Waals surface area contributed by atoms with Gasteiger partial charge in [0.25, 0.3) is 0 Å². The molecule has 0 unspecified atom stereocenters. The van der Waals surface area contributed by atoms with E-state index in [1.165, 1.54) is 12.1 Å². The van der Waals surface area contributed by atoms with Crippen molar-refractivity contribution < 1.29 is 14.3 Å². The lowest BCUT2D eigenvalue weighted by Gasteiger charge is -2.15. The molecule has 2 heterocycles. The minimum absolute atomic E-state index is 0.246. The Labute approximate surface area is 176 Å². The fourth-order valence-corrected chi connectivity index (χ4v) is 3.49. The SMILES string of the molecule is Cc1cc(C(=O)O)cc(CCCc2ncc(CN(C)C)n2Cc2ccc(F)cc2)n1. The van der Waals surface area contributed by atoms with Crippen LogP contribution in [0.4, 0.5) is 4.39 Å². The van der Waals surface area contributed by atoms with E-state index in [1.807, 2.05) is 20.3 Å². The molecule has 3 rings (SSSR count).